The summed E-state index contributed by atoms with van der Waals surface area (Å²) in [5.41, 5.74) is 3.34. The summed E-state index contributed by atoms with van der Waals surface area (Å²) in [6.07, 6.45) is 0. The summed E-state index contributed by atoms with van der Waals surface area (Å²) < 4.78 is 10.7. The Kier molecular flexibility index (Phi) is 5.58. The molecule has 5 heteroatoms. The average molecular weight is 327 g/mol. The second kappa shape index (κ2) is 7.64. The summed E-state index contributed by atoms with van der Waals surface area (Å²) in [5.74, 6) is 0.509. The van der Waals surface area contributed by atoms with Crippen molar-refractivity contribution in [2.24, 2.45) is 0 Å². The van der Waals surface area contributed by atoms with Gasteiger partial charge in [0.05, 0.1) is 7.11 Å². The van der Waals surface area contributed by atoms with Gasteiger partial charge < -0.3 is 14.8 Å². The first-order valence-electron chi connectivity index (χ1n) is 7.59. The van der Waals surface area contributed by atoms with E-state index in [1.54, 1.807) is 18.2 Å². The van der Waals surface area contributed by atoms with E-state index in [-0.39, 0.29) is 18.3 Å². The molecule has 1 N–H and O–H groups in total. The van der Waals surface area contributed by atoms with Gasteiger partial charge in [0.1, 0.15) is 0 Å². The molecule has 0 aliphatic rings. The van der Waals surface area contributed by atoms with E-state index in [1.165, 1.54) is 14.0 Å². The molecule has 0 saturated carbocycles. The molecule has 0 radical (unpaired) electrons. The van der Waals surface area contributed by atoms with E-state index in [4.69, 9.17) is 9.47 Å². The zero-order valence-electron chi connectivity index (χ0n) is 14.3. The smallest absolute Gasteiger partial charge is 0.262 e. The molecule has 2 aromatic rings. The normalized spacial score (nSPS) is 10.2. The fourth-order valence-electron chi connectivity index (χ4n) is 2.21. The van der Waals surface area contributed by atoms with Gasteiger partial charge >= 0.3 is 0 Å². The Morgan fingerprint density at radius 3 is 2.46 bits per heavy atom. The molecule has 0 spiro atoms. The molecular formula is C19H21NO4. The summed E-state index contributed by atoms with van der Waals surface area (Å²) in [4.78, 5) is 23.5. The highest BCUT2D eigenvalue weighted by Crippen LogP contribution is 2.28. The molecule has 0 aliphatic heterocycles. The Hall–Kier alpha value is -2.82. The van der Waals surface area contributed by atoms with Crippen molar-refractivity contribution >= 4 is 17.4 Å². The maximum absolute atomic E-state index is 12.1. The lowest BCUT2D eigenvalue weighted by Gasteiger charge is -2.13. The SMILES string of the molecule is COc1cc(C(C)=O)ccc1OCC(=O)Nc1cc(C)ccc1C. The lowest BCUT2D eigenvalue weighted by atomic mass is 10.1. The first-order chi connectivity index (χ1) is 11.4. The van der Waals surface area contributed by atoms with Crippen LogP contribution in [0.3, 0.4) is 0 Å². The van der Waals surface area contributed by atoms with E-state index >= 15 is 0 Å². The molecule has 0 bridgehead atoms. The van der Waals surface area contributed by atoms with Crippen molar-refractivity contribution < 1.29 is 19.1 Å². The third-order valence-corrected chi connectivity index (χ3v) is 3.60. The van der Waals surface area contributed by atoms with Crippen molar-refractivity contribution in [1.29, 1.82) is 0 Å². The Morgan fingerprint density at radius 2 is 1.79 bits per heavy atom. The fraction of sp³-hybridized carbons (Fsp3) is 0.263. The van der Waals surface area contributed by atoms with Gasteiger partial charge in [-0.3, -0.25) is 9.59 Å². The predicted molar refractivity (Wildman–Crippen MR) is 93.0 cm³/mol. The first-order valence-corrected chi connectivity index (χ1v) is 7.59. The molecule has 0 fully saturated rings. The monoisotopic (exact) mass is 327 g/mol. The maximum atomic E-state index is 12.1. The van der Waals surface area contributed by atoms with Crippen molar-refractivity contribution in [3.05, 3.63) is 53.1 Å². The van der Waals surface area contributed by atoms with Gasteiger partial charge in [-0.15, -0.1) is 0 Å². The molecule has 0 heterocycles. The number of hydrogen-bond acceptors (Lipinski definition) is 4. The Bertz CT molecular complexity index is 768. The van der Waals surface area contributed by atoms with Crippen molar-refractivity contribution in [3.8, 4) is 11.5 Å². The summed E-state index contributed by atoms with van der Waals surface area (Å²) >= 11 is 0. The largest absolute Gasteiger partial charge is 0.493 e. The molecule has 2 aromatic carbocycles. The topological polar surface area (TPSA) is 64.6 Å². The number of nitrogens with one attached hydrogen (secondary N) is 1. The number of anilines is 1. The highest BCUT2D eigenvalue weighted by atomic mass is 16.5. The molecular weight excluding hydrogens is 306 g/mol. The minimum absolute atomic E-state index is 0.0625. The fourth-order valence-corrected chi connectivity index (χ4v) is 2.21. The van der Waals surface area contributed by atoms with Crippen LogP contribution in [0.5, 0.6) is 11.5 Å². The minimum atomic E-state index is -0.263. The number of hydrogen-bond donors (Lipinski definition) is 1. The lowest BCUT2D eigenvalue weighted by molar-refractivity contribution is -0.118. The summed E-state index contributed by atoms with van der Waals surface area (Å²) in [6.45, 7) is 5.22. The van der Waals surface area contributed by atoms with Crippen LogP contribution in [0.2, 0.25) is 0 Å². The van der Waals surface area contributed by atoms with E-state index in [9.17, 15) is 9.59 Å². The van der Waals surface area contributed by atoms with E-state index < -0.39 is 0 Å². The minimum Gasteiger partial charge on any atom is -0.493 e. The van der Waals surface area contributed by atoms with Gasteiger partial charge in [-0.2, -0.15) is 0 Å². The molecule has 24 heavy (non-hydrogen) atoms. The molecule has 0 atom stereocenters. The molecule has 126 valence electrons. The number of carbonyl (C=O) groups is 2. The first kappa shape index (κ1) is 17.5. The summed E-state index contributed by atoms with van der Waals surface area (Å²) in [6, 6.07) is 10.7. The van der Waals surface area contributed by atoms with Crippen LogP contribution >= 0.6 is 0 Å². The number of aryl methyl sites for hydroxylation is 2. The number of Topliss-reactive ketones (excluding diaryl/α,β-unsaturated/α-hetero) is 1. The van der Waals surface area contributed by atoms with Gasteiger partial charge in [-0.1, -0.05) is 12.1 Å². The molecule has 2 rings (SSSR count). The van der Waals surface area contributed by atoms with Gasteiger partial charge in [0.25, 0.3) is 5.91 Å². The predicted octanol–water partition coefficient (Wildman–Crippen LogP) is 3.53. The van der Waals surface area contributed by atoms with Crippen LogP contribution in [-0.2, 0) is 4.79 Å². The highest BCUT2D eigenvalue weighted by Gasteiger charge is 2.11. The van der Waals surface area contributed by atoms with Gasteiger partial charge in [-0.25, -0.2) is 0 Å². The van der Waals surface area contributed by atoms with Crippen LogP contribution in [0, 0.1) is 13.8 Å². The quantitative estimate of drug-likeness (QED) is 0.824. The number of carbonyl (C=O) groups excluding carboxylic acids is 2. The molecule has 0 aliphatic carbocycles. The summed E-state index contributed by atoms with van der Waals surface area (Å²) in [7, 11) is 1.49. The van der Waals surface area contributed by atoms with Gasteiger partial charge in [-0.05, 0) is 56.2 Å². The Labute approximate surface area is 141 Å². The van der Waals surface area contributed by atoms with E-state index in [1.807, 2.05) is 32.0 Å². The third kappa shape index (κ3) is 4.35. The number of ketones is 1. The zero-order valence-corrected chi connectivity index (χ0v) is 14.3. The number of methoxy groups -OCH3 is 1. The molecule has 0 saturated heterocycles. The van der Waals surface area contributed by atoms with Crippen LogP contribution in [0.15, 0.2) is 36.4 Å². The average Bonchev–Trinajstić information content (AvgIpc) is 2.56. The Balaban J connectivity index is 2.03. The lowest BCUT2D eigenvalue weighted by Crippen LogP contribution is -2.21. The van der Waals surface area contributed by atoms with Crippen molar-refractivity contribution in [2.45, 2.75) is 20.8 Å². The number of amides is 1. The van der Waals surface area contributed by atoms with E-state index in [2.05, 4.69) is 5.32 Å². The molecule has 0 unspecified atom stereocenters. The highest BCUT2D eigenvalue weighted by molar-refractivity contribution is 5.95. The van der Waals surface area contributed by atoms with E-state index in [0.717, 1.165) is 16.8 Å². The zero-order chi connectivity index (χ0) is 17.7. The van der Waals surface area contributed by atoms with Crippen LogP contribution in [0.1, 0.15) is 28.4 Å². The van der Waals surface area contributed by atoms with Crippen molar-refractivity contribution in [3.63, 3.8) is 0 Å². The second-order valence-electron chi connectivity index (χ2n) is 5.58. The van der Waals surface area contributed by atoms with Gasteiger partial charge in [0.15, 0.2) is 23.9 Å². The number of benzene rings is 2. The molecule has 0 aromatic heterocycles. The van der Waals surface area contributed by atoms with E-state index in [0.29, 0.717) is 17.1 Å². The van der Waals surface area contributed by atoms with Crippen LogP contribution in [0.25, 0.3) is 0 Å². The van der Waals surface area contributed by atoms with Gasteiger partial charge in [0, 0.05) is 11.3 Å². The maximum Gasteiger partial charge on any atom is 0.262 e. The van der Waals surface area contributed by atoms with Crippen LogP contribution in [0.4, 0.5) is 5.69 Å². The molecule has 5 nitrogen and oxygen atoms in total. The van der Waals surface area contributed by atoms with Crippen molar-refractivity contribution in [2.75, 3.05) is 19.0 Å². The molecule has 1 amide bonds. The van der Waals surface area contributed by atoms with Gasteiger partial charge in [0.2, 0.25) is 0 Å². The second-order valence-corrected chi connectivity index (χ2v) is 5.58. The van der Waals surface area contributed by atoms with Crippen molar-refractivity contribution in [1.82, 2.24) is 0 Å². The standard InChI is InChI=1S/C19H21NO4/c1-12-5-6-13(2)16(9-12)20-19(22)11-24-17-8-7-15(14(3)21)10-18(17)23-4/h5-10H,11H2,1-4H3,(H,20,22). The van der Waals surface area contributed by atoms with Crippen LogP contribution < -0.4 is 14.8 Å². The Morgan fingerprint density at radius 1 is 1.04 bits per heavy atom. The summed E-state index contributed by atoms with van der Waals surface area (Å²) in [5, 5.41) is 2.83. The number of ether oxygens (including phenoxy) is 2. The third-order valence-electron chi connectivity index (χ3n) is 3.60. The van der Waals surface area contributed by atoms with Crippen LogP contribution in [-0.4, -0.2) is 25.4 Å². The number of rotatable bonds is 6.